The highest BCUT2D eigenvalue weighted by Gasteiger charge is 2.21. The molecular formula is C14H22O4S. The van der Waals surface area contributed by atoms with Crippen molar-refractivity contribution in [3.63, 3.8) is 0 Å². The third kappa shape index (κ3) is 5.72. The summed E-state index contributed by atoms with van der Waals surface area (Å²) in [4.78, 5) is 0.112. The zero-order chi connectivity index (χ0) is 14.7. The first-order valence-corrected chi connectivity index (χ1v) is 7.65. The molecule has 0 unspecified atom stereocenters. The van der Waals surface area contributed by atoms with Gasteiger partial charge in [-0.05, 0) is 30.9 Å². The first-order valence-electron chi connectivity index (χ1n) is 6.24. The van der Waals surface area contributed by atoms with Gasteiger partial charge in [0, 0.05) is 0 Å². The minimum absolute atomic E-state index is 0.0730. The average Bonchev–Trinajstić information content (AvgIpc) is 2.25. The molecule has 0 aromatic heterocycles. The summed E-state index contributed by atoms with van der Waals surface area (Å²) in [5.41, 5.74) is 0.905. The van der Waals surface area contributed by atoms with Crippen molar-refractivity contribution >= 4 is 10.1 Å². The number of rotatable bonds is 5. The molecule has 0 fully saturated rings. The van der Waals surface area contributed by atoms with Crippen LogP contribution >= 0.6 is 0 Å². The Morgan fingerprint density at radius 3 is 2.21 bits per heavy atom. The highest BCUT2D eigenvalue weighted by molar-refractivity contribution is 7.86. The maximum atomic E-state index is 11.9. The van der Waals surface area contributed by atoms with Gasteiger partial charge in [0.1, 0.15) is 0 Å². The lowest BCUT2D eigenvalue weighted by Gasteiger charge is -2.21. The Bertz CT molecular complexity index is 497. The Kier molecular flexibility index (Phi) is 5.12. The summed E-state index contributed by atoms with van der Waals surface area (Å²) >= 11 is 0. The molecule has 4 nitrogen and oxygen atoms in total. The van der Waals surface area contributed by atoms with Gasteiger partial charge in [0.25, 0.3) is 10.1 Å². The van der Waals surface area contributed by atoms with Gasteiger partial charge in [-0.2, -0.15) is 8.42 Å². The summed E-state index contributed by atoms with van der Waals surface area (Å²) in [5.74, 6) is 0. The number of hydrogen-bond donors (Lipinski definition) is 1. The zero-order valence-corrected chi connectivity index (χ0v) is 12.7. The third-order valence-electron chi connectivity index (χ3n) is 2.57. The molecule has 1 N–H and O–H groups in total. The van der Waals surface area contributed by atoms with E-state index in [9.17, 15) is 13.5 Å². The van der Waals surface area contributed by atoms with Crippen LogP contribution in [0.1, 0.15) is 32.8 Å². The molecule has 0 amide bonds. The summed E-state index contributed by atoms with van der Waals surface area (Å²) < 4.78 is 28.6. The van der Waals surface area contributed by atoms with Gasteiger partial charge in [-0.25, -0.2) is 0 Å². The van der Waals surface area contributed by atoms with E-state index in [1.165, 1.54) is 12.1 Å². The van der Waals surface area contributed by atoms with Crippen LogP contribution in [0, 0.1) is 12.3 Å². The lowest BCUT2D eigenvalue weighted by molar-refractivity contribution is 0.0733. The monoisotopic (exact) mass is 286 g/mol. The second kappa shape index (κ2) is 6.03. The van der Waals surface area contributed by atoms with E-state index in [4.69, 9.17) is 4.18 Å². The Labute approximate surface area is 115 Å². The molecule has 5 heteroatoms. The lowest BCUT2D eigenvalue weighted by Crippen LogP contribution is -2.24. The van der Waals surface area contributed by atoms with Crippen LogP contribution in [0.25, 0.3) is 0 Å². The number of aliphatic hydroxyl groups is 1. The molecule has 1 aromatic rings. The first-order chi connectivity index (χ1) is 8.60. The molecule has 0 aliphatic rings. The van der Waals surface area contributed by atoms with Gasteiger partial charge >= 0.3 is 0 Å². The Morgan fingerprint density at radius 1 is 1.21 bits per heavy atom. The summed E-state index contributed by atoms with van der Waals surface area (Å²) in [6.07, 6.45) is -0.309. The fourth-order valence-corrected chi connectivity index (χ4v) is 2.65. The van der Waals surface area contributed by atoms with Crippen molar-refractivity contribution in [2.45, 2.75) is 45.1 Å². The van der Waals surface area contributed by atoms with Gasteiger partial charge < -0.3 is 5.11 Å². The van der Waals surface area contributed by atoms with Crippen LogP contribution in [0.4, 0.5) is 0 Å². The fourth-order valence-electron chi connectivity index (χ4n) is 1.71. The topological polar surface area (TPSA) is 63.6 Å². The van der Waals surface area contributed by atoms with Crippen LogP contribution in [0.3, 0.4) is 0 Å². The van der Waals surface area contributed by atoms with Gasteiger partial charge in [0.2, 0.25) is 0 Å². The molecule has 0 heterocycles. The second-order valence-electron chi connectivity index (χ2n) is 5.97. The molecule has 0 aliphatic carbocycles. The maximum absolute atomic E-state index is 11.9. The number of aliphatic hydroxyl groups excluding tert-OH is 1. The molecule has 0 aliphatic heterocycles. The minimum atomic E-state index is -3.79. The second-order valence-corrected chi connectivity index (χ2v) is 7.59. The summed E-state index contributed by atoms with van der Waals surface area (Å²) in [6, 6.07) is 6.42. The van der Waals surface area contributed by atoms with Crippen LogP contribution in [0.2, 0.25) is 0 Å². The van der Waals surface area contributed by atoms with E-state index in [2.05, 4.69) is 0 Å². The van der Waals surface area contributed by atoms with E-state index in [0.717, 1.165) is 5.56 Å². The minimum Gasteiger partial charge on any atom is -0.391 e. The molecule has 0 radical (unpaired) electrons. The van der Waals surface area contributed by atoms with Gasteiger partial charge in [-0.15, -0.1) is 0 Å². The molecule has 0 bridgehead atoms. The molecular weight excluding hydrogens is 264 g/mol. The van der Waals surface area contributed by atoms with Crippen molar-refractivity contribution in [1.29, 1.82) is 0 Å². The van der Waals surface area contributed by atoms with Crippen molar-refractivity contribution < 1.29 is 17.7 Å². The number of benzene rings is 1. The van der Waals surface area contributed by atoms with Crippen molar-refractivity contribution in [3.05, 3.63) is 29.8 Å². The Hall–Kier alpha value is -0.910. The molecule has 19 heavy (non-hydrogen) atoms. The molecule has 0 saturated heterocycles. The Morgan fingerprint density at radius 2 is 1.74 bits per heavy atom. The van der Waals surface area contributed by atoms with Crippen molar-refractivity contribution in [3.8, 4) is 0 Å². The fraction of sp³-hybridized carbons (Fsp3) is 0.571. The average molecular weight is 286 g/mol. The summed E-state index contributed by atoms with van der Waals surface area (Å²) in [5, 5.41) is 9.75. The van der Waals surface area contributed by atoms with Crippen LogP contribution < -0.4 is 0 Å². The van der Waals surface area contributed by atoms with Gasteiger partial charge in [0.15, 0.2) is 0 Å². The predicted molar refractivity (Wildman–Crippen MR) is 74.4 cm³/mol. The number of hydrogen-bond acceptors (Lipinski definition) is 4. The molecule has 0 spiro atoms. The highest BCUT2D eigenvalue weighted by Crippen LogP contribution is 2.21. The normalized spacial score (nSPS) is 14.4. The van der Waals surface area contributed by atoms with E-state index in [1.54, 1.807) is 12.1 Å². The standard InChI is InChI=1S/C14H22O4S/c1-11-5-7-13(8-6-11)19(16,17)18-10-12(15)9-14(2,3)4/h5-8,12,15H,9-10H2,1-4H3/t12-/m0/s1. The van der Waals surface area contributed by atoms with Crippen molar-refractivity contribution in [2.24, 2.45) is 5.41 Å². The van der Waals surface area contributed by atoms with E-state index < -0.39 is 16.2 Å². The van der Waals surface area contributed by atoms with E-state index in [0.29, 0.717) is 6.42 Å². The smallest absolute Gasteiger partial charge is 0.297 e. The van der Waals surface area contributed by atoms with E-state index >= 15 is 0 Å². The van der Waals surface area contributed by atoms with E-state index in [-0.39, 0.29) is 16.9 Å². The van der Waals surface area contributed by atoms with Crippen LogP contribution in [0.5, 0.6) is 0 Å². The zero-order valence-electron chi connectivity index (χ0n) is 11.9. The van der Waals surface area contributed by atoms with Crippen molar-refractivity contribution in [1.82, 2.24) is 0 Å². The van der Waals surface area contributed by atoms with Gasteiger partial charge in [-0.3, -0.25) is 4.18 Å². The van der Waals surface area contributed by atoms with Gasteiger partial charge in [0.05, 0.1) is 17.6 Å². The van der Waals surface area contributed by atoms with Gasteiger partial charge in [-0.1, -0.05) is 38.5 Å². The molecule has 1 rings (SSSR count). The maximum Gasteiger partial charge on any atom is 0.297 e. The highest BCUT2D eigenvalue weighted by atomic mass is 32.2. The molecule has 108 valence electrons. The third-order valence-corrected chi connectivity index (χ3v) is 3.87. The first kappa shape index (κ1) is 16.1. The molecule has 1 aromatic carbocycles. The lowest BCUT2D eigenvalue weighted by atomic mass is 9.89. The number of aryl methyl sites for hydroxylation is 1. The van der Waals surface area contributed by atoms with Crippen molar-refractivity contribution in [2.75, 3.05) is 6.61 Å². The largest absolute Gasteiger partial charge is 0.391 e. The van der Waals surface area contributed by atoms with E-state index in [1.807, 2.05) is 27.7 Å². The Balaban J connectivity index is 2.63. The quantitative estimate of drug-likeness (QED) is 0.845. The van der Waals surface area contributed by atoms with Crippen LogP contribution in [-0.4, -0.2) is 26.2 Å². The molecule has 0 saturated carbocycles. The van der Waals surface area contributed by atoms with Crippen LogP contribution in [0.15, 0.2) is 29.2 Å². The predicted octanol–water partition coefficient (Wildman–Crippen LogP) is 2.50. The molecule has 1 atom stereocenters. The SMILES string of the molecule is Cc1ccc(S(=O)(=O)OC[C@@H](O)CC(C)(C)C)cc1. The summed E-state index contributed by atoms with van der Waals surface area (Å²) in [6.45, 7) is 7.60. The van der Waals surface area contributed by atoms with Crippen LogP contribution in [-0.2, 0) is 14.3 Å². The summed E-state index contributed by atoms with van der Waals surface area (Å²) in [7, 11) is -3.79.